The van der Waals surface area contributed by atoms with Crippen LogP contribution >= 0.6 is 32.3 Å². The topological polar surface area (TPSA) is 49.4 Å². The van der Waals surface area contributed by atoms with Crippen LogP contribution < -0.4 is 5.32 Å². The summed E-state index contributed by atoms with van der Waals surface area (Å²) in [5.74, 6) is -0.0761. The molecule has 2 amide bonds. The first-order chi connectivity index (χ1) is 7.20. The van der Waals surface area contributed by atoms with E-state index in [0.29, 0.717) is 6.54 Å². The number of carbonyl (C=O) groups is 2. The molecule has 0 aromatic heterocycles. The van der Waals surface area contributed by atoms with Gasteiger partial charge in [0.25, 0.3) is 5.24 Å². The predicted molar refractivity (Wildman–Crippen MR) is 68.0 cm³/mol. The number of nitrogens with one attached hydrogen (secondary N) is 1. The standard InChI is InChI=1S/C8H14N2O2S3/c1-9-7(11)6-4-2-3-5-10(6)8(12)14-15-13/h6,13H,2-5H2,1H3,(H,9,11). The number of rotatable bonds is 2. The second kappa shape index (κ2) is 6.55. The van der Waals surface area contributed by atoms with Crippen LogP contribution in [0.2, 0.25) is 0 Å². The molecule has 15 heavy (non-hydrogen) atoms. The Kier molecular flexibility index (Phi) is 5.70. The molecule has 1 fully saturated rings. The van der Waals surface area contributed by atoms with E-state index in [2.05, 4.69) is 17.0 Å². The van der Waals surface area contributed by atoms with Crippen LogP contribution in [-0.2, 0) is 4.79 Å². The largest absolute Gasteiger partial charge is 0.357 e. The quantitative estimate of drug-likeness (QED) is 0.592. The third kappa shape index (κ3) is 3.49. The summed E-state index contributed by atoms with van der Waals surface area (Å²) in [6.07, 6.45) is 2.72. The molecular formula is C8H14N2O2S3. The summed E-state index contributed by atoms with van der Waals surface area (Å²) >= 11 is 3.92. The Morgan fingerprint density at radius 2 is 2.20 bits per heavy atom. The summed E-state index contributed by atoms with van der Waals surface area (Å²) in [4.78, 5) is 24.8. The number of likely N-dealkylation sites (tertiary alicyclic amines) is 1. The molecule has 1 saturated heterocycles. The van der Waals surface area contributed by atoms with Gasteiger partial charge in [-0.25, -0.2) is 0 Å². The molecule has 0 aliphatic carbocycles. The zero-order valence-corrected chi connectivity index (χ0v) is 11.0. The van der Waals surface area contributed by atoms with E-state index in [1.807, 2.05) is 0 Å². The summed E-state index contributed by atoms with van der Waals surface area (Å²) in [6, 6.07) is -0.302. The molecule has 1 rings (SSSR count). The van der Waals surface area contributed by atoms with Gasteiger partial charge in [-0.3, -0.25) is 9.59 Å². The maximum absolute atomic E-state index is 11.7. The maximum Gasteiger partial charge on any atom is 0.293 e. The summed E-state index contributed by atoms with van der Waals surface area (Å²) in [7, 11) is 3.77. The van der Waals surface area contributed by atoms with Gasteiger partial charge in [0.1, 0.15) is 6.04 Å². The minimum atomic E-state index is -0.302. The molecule has 0 aromatic carbocycles. The van der Waals surface area contributed by atoms with Crippen molar-refractivity contribution in [1.82, 2.24) is 10.2 Å². The third-order valence-corrected chi connectivity index (χ3v) is 4.17. The van der Waals surface area contributed by atoms with Crippen molar-refractivity contribution >= 4 is 43.4 Å². The Morgan fingerprint density at radius 1 is 1.47 bits per heavy atom. The van der Waals surface area contributed by atoms with Gasteiger partial charge in [-0.2, -0.15) is 0 Å². The van der Waals surface area contributed by atoms with Crippen LogP contribution in [0.3, 0.4) is 0 Å². The molecule has 4 nitrogen and oxygen atoms in total. The first-order valence-electron chi connectivity index (χ1n) is 4.71. The lowest BCUT2D eigenvalue weighted by Gasteiger charge is -2.33. The lowest BCUT2D eigenvalue weighted by Crippen LogP contribution is -2.49. The van der Waals surface area contributed by atoms with Crippen LogP contribution in [0.5, 0.6) is 0 Å². The van der Waals surface area contributed by atoms with Crippen molar-refractivity contribution in [2.45, 2.75) is 25.3 Å². The van der Waals surface area contributed by atoms with Gasteiger partial charge in [-0.15, -0.1) is 0 Å². The van der Waals surface area contributed by atoms with Gasteiger partial charge < -0.3 is 10.2 Å². The van der Waals surface area contributed by atoms with E-state index in [-0.39, 0.29) is 17.2 Å². The molecule has 0 radical (unpaired) electrons. The fraction of sp³-hybridized carbons (Fsp3) is 0.750. The molecule has 86 valence electrons. The number of likely N-dealkylation sites (N-methyl/N-ethyl adjacent to an activating group) is 1. The fourth-order valence-electron chi connectivity index (χ4n) is 1.67. The number of hydrogen-bond donors (Lipinski definition) is 2. The van der Waals surface area contributed by atoms with Crippen LogP contribution in [0.4, 0.5) is 4.79 Å². The van der Waals surface area contributed by atoms with Gasteiger partial charge in [-0.1, -0.05) is 11.7 Å². The van der Waals surface area contributed by atoms with Crippen molar-refractivity contribution in [1.29, 1.82) is 0 Å². The average Bonchev–Trinajstić information content (AvgIpc) is 2.28. The van der Waals surface area contributed by atoms with Crippen LogP contribution in [-0.4, -0.2) is 35.7 Å². The summed E-state index contributed by atoms with van der Waals surface area (Å²) in [6.45, 7) is 0.665. The zero-order chi connectivity index (χ0) is 11.3. The minimum Gasteiger partial charge on any atom is -0.357 e. The van der Waals surface area contributed by atoms with Gasteiger partial charge >= 0.3 is 0 Å². The summed E-state index contributed by atoms with van der Waals surface area (Å²) in [5, 5.41) is 2.51. The van der Waals surface area contributed by atoms with E-state index in [0.717, 1.165) is 39.9 Å². The normalized spacial score (nSPS) is 21.2. The molecule has 7 heteroatoms. The van der Waals surface area contributed by atoms with Crippen LogP contribution in [0.15, 0.2) is 0 Å². The Hall–Kier alpha value is -0.0100. The number of nitrogens with zero attached hydrogens (tertiary/aromatic N) is 1. The monoisotopic (exact) mass is 266 g/mol. The molecule has 1 N–H and O–H groups in total. The van der Waals surface area contributed by atoms with E-state index < -0.39 is 0 Å². The fourth-order valence-corrected chi connectivity index (χ4v) is 3.10. The van der Waals surface area contributed by atoms with Gasteiger partial charge in [0.05, 0.1) is 0 Å². The molecule has 0 bridgehead atoms. The second-order valence-electron chi connectivity index (χ2n) is 3.24. The van der Waals surface area contributed by atoms with Crippen LogP contribution in [0.1, 0.15) is 19.3 Å². The molecule has 1 unspecified atom stereocenters. The van der Waals surface area contributed by atoms with Gasteiger partial charge in [-0.05, 0) is 29.1 Å². The van der Waals surface area contributed by atoms with Crippen molar-refractivity contribution in [3.8, 4) is 0 Å². The lowest BCUT2D eigenvalue weighted by molar-refractivity contribution is -0.125. The van der Waals surface area contributed by atoms with Crippen molar-refractivity contribution < 1.29 is 9.59 Å². The Morgan fingerprint density at radius 3 is 2.80 bits per heavy atom. The van der Waals surface area contributed by atoms with Crippen LogP contribution in [0.25, 0.3) is 0 Å². The van der Waals surface area contributed by atoms with E-state index in [1.54, 1.807) is 11.9 Å². The number of carbonyl (C=O) groups excluding carboxylic acids is 2. The van der Waals surface area contributed by atoms with E-state index >= 15 is 0 Å². The highest BCUT2D eigenvalue weighted by molar-refractivity contribution is 9.08. The Labute approximate surface area is 102 Å². The molecule has 1 atom stereocenters. The maximum atomic E-state index is 11.7. The first kappa shape index (κ1) is 13.1. The second-order valence-corrected chi connectivity index (χ2v) is 6.20. The smallest absolute Gasteiger partial charge is 0.293 e. The zero-order valence-electron chi connectivity index (χ0n) is 8.43. The Bertz CT molecular complexity index is 250. The number of thiol groups is 1. The predicted octanol–water partition coefficient (Wildman–Crippen LogP) is 1.93. The van der Waals surface area contributed by atoms with Crippen LogP contribution in [0, 0.1) is 0 Å². The number of hydrogen-bond acceptors (Lipinski definition) is 5. The van der Waals surface area contributed by atoms with E-state index in [4.69, 9.17) is 0 Å². The van der Waals surface area contributed by atoms with E-state index in [9.17, 15) is 9.59 Å². The molecular weight excluding hydrogens is 252 g/mol. The van der Waals surface area contributed by atoms with Gasteiger partial charge in [0, 0.05) is 24.4 Å². The average molecular weight is 266 g/mol. The summed E-state index contributed by atoms with van der Waals surface area (Å²) < 4.78 is 0. The third-order valence-electron chi connectivity index (χ3n) is 2.39. The Balaban J connectivity index is 2.65. The molecule has 1 aliphatic rings. The van der Waals surface area contributed by atoms with Crippen molar-refractivity contribution in [2.75, 3.05) is 13.6 Å². The molecule has 0 aromatic rings. The molecule has 1 aliphatic heterocycles. The van der Waals surface area contributed by atoms with Gasteiger partial charge in [0.2, 0.25) is 5.91 Å². The van der Waals surface area contributed by atoms with Crippen molar-refractivity contribution in [3.63, 3.8) is 0 Å². The molecule has 0 saturated carbocycles. The number of amides is 2. The highest BCUT2D eigenvalue weighted by atomic mass is 33.5. The summed E-state index contributed by atoms with van der Waals surface area (Å²) in [5.41, 5.74) is 0. The molecule has 1 heterocycles. The minimum absolute atomic E-state index is 0.0761. The van der Waals surface area contributed by atoms with Crippen molar-refractivity contribution in [3.05, 3.63) is 0 Å². The van der Waals surface area contributed by atoms with E-state index in [1.165, 1.54) is 0 Å². The number of piperidine rings is 1. The van der Waals surface area contributed by atoms with Crippen molar-refractivity contribution in [2.24, 2.45) is 0 Å². The molecule has 0 spiro atoms. The highest BCUT2D eigenvalue weighted by Gasteiger charge is 2.31. The SMILES string of the molecule is CNC(=O)C1CCCCN1C(=O)SSS. The lowest BCUT2D eigenvalue weighted by atomic mass is 10.0. The van der Waals surface area contributed by atoms with Gasteiger partial charge in [0.15, 0.2) is 0 Å². The first-order valence-corrected chi connectivity index (χ1v) is 7.91. The highest BCUT2D eigenvalue weighted by Crippen LogP contribution is 2.30.